The van der Waals surface area contributed by atoms with Gasteiger partial charge in [0.05, 0.1) is 12.3 Å². The van der Waals surface area contributed by atoms with Gasteiger partial charge in [-0.3, -0.25) is 4.57 Å². The Balaban J connectivity index is 4.23. The molecule has 5 heteroatoms. The minimum Gasteiger partial charge on any atom is -0.392 e. The van der Waals surface area contributed by atoms with Crippen LogP contribution >= 0.6 is 7.60 Å². The van der Waals surface area contributed by atoms with Crippen molar-refractivity contribution >= 4 is 7.60 Å². The molecule has 0 aromatic rings. The molecule has 0 bridgehead atoms. The minimum atomic E-state index is -3.13. The van der Waals surface area contributed by atoms with Crippen LogP contribution in [0, 0.1) is 18.3 Å². The molecule has 0 fully saturated rings. The highest BCUT2D eigenvalue weighted by Crippen LogP contribution is 2.47. The Morgan fingerprint density at radius 2 is 2.00 bits per heavy atom. The predicted molar refractivity (Wildman–Crippen MR) is 55.1 cm³/mol. The monoisotopic (exact) mass is 220 g/mol. The van der Waals surface area contributed by atoms with Gasteiger partial charge in [0.1, 0.15) is 0 Å². The summed E-state index contributed by atoms with van der Waals surface area (Å²) in [4.78, 5) is 0. The first-order chi connectivity index (χ1) is 6.49. The number of hydrogen-bond donors (Lipinski definition) is 1. The lowest BCUT2D eigenvalue weighted by molar-refractivity contribution is 0.130. The lowest BCUT2D eigenvalue weighted by atomic mass is 10.0. The summed E-state index contributed by atoms with van der Waals surface area (Å²) in [6.07, 6.45) is 4.75. The largest absolute Gasteiger partial charge is 0.392 e. The summed E-state index contributed by atoms with van der Waals surface area (Å²) in [6, 6.07) is 0. The van der Waals surface area contributed by atoms with Crippen molar-refractivity contribution in [3.8, 4) is 12.3 Å². The fourth-order valence-corrected chi connectivity index (χ4v) is 2.22. The maximum Gasteiger partial charge on any atom is 0.332 e. The summed E-state index contributed by atoms with van der Waals surface area (Å²) < 4.78 is 21.0. The van der Waals surface area contributed by atoms with E-state index >= 15 is 0 Å². The molecule has 82 valence electrons. The van der Waals surface area contributed by atoms with E-state index < -0.39 is 13.7 Å². The number of aliphatic hydroxyl groups excluding tert-OH is 1. The van der Waals surface area contributed by atoms with Crippen molar-refractivity contribution in [3.05, 3.63) is 0 Å². The number of terminal acetylenes is 1. The van der Waals surface area contributed by atoms with Gasteiger partial charge in [-0.25, -0.2) is 0 Å². The van der Waals surface area contributed by atoms with Crippen molar-refractivity contribution in [1.29, 1.82) is 0 Å². The molecule has 0 rings (SSSR count). The molecule has 0 aromatic heterocycles. The first-order valence-electron chi connectivity index (χ1n) is 4.31. The van der Waals surface area contributed by atoms with Crippen molar-refractivity contribution in [2.24, 2.45) is 5.92 Å². The fraction of sp³-hybridized carbons (Fsp3) is 0.778. The molecule has 2 atom stereocenters. The van der Waals surface area contributed by atoms with E-state index in [-0.39, 0.29) is 12.1 Å². The average molecular weight is 220 g/mol. The Hall–Kier alpha value is -0.330. The summed E-state index contributed by atoms with van der Waals surface area (Å²) in [5.41, 5.74) is 0. The van der Waals surface area contributed by atoms with Crippen LogP contribution in [0.1, 0.15) is 13.3 Å². The Morgan fingerprint density at radius 1 is 1.50 bits per heavy atom. The summed E-state index contributed by atoms with van der Waals surface area (Å²) in [7, 11) is -0.544. The highest BCUT2D eigenvalue weighted by molar-refractivity contribution is 7.53. The van der Waals surface area contributed by atoms with Crippen LogP contribution in [-0.4, -0.2) is 31.6 Å². The molecule has 4 nitrogen and oxygen atoms in total. The summed E-state index contributed by atoms with van der Waals surface area (Å²) in [5.74, 6) is 2.33. The molecule has 0 aliphatic carbocycles. The highest BCUT2D eigenvalue weighted by atomic mass is 31.2. The van der Waals surface area contributed by atoms with E-state index in [9.17, 15) is 9.67 Å². The van der Waals surface area contributed by atoms with Gasteiger partial charge in [0.2, 0.25) is 0 Å². The minimum absolute atomic E-state index is 0.0250. The fourth-order valence-electron chi connectivity index (χ4n) is 0.955. The lowest BCUT2D eigenvalue weighted by Crippen LogP contribution is -2.22. The Morgan fingerprint density at radius 3 is 2.36 bits per heavy atom. The molecular formula is C9H17O4P. The first-order valence-corrected chi connectivity index (χ1v) is 6.04. The normalized spacial score (nSPS) is 15.9. The van der Waals surface area contributed by atoms with Crippen LogP contribution in [0.3, 0.4) is 0 Å². The van der Waals surface area contributed by atoms with Gasteiger partial charge in [0.25, 0.3) is 0 Å². The second kappa shape index (κ2) is 6.21. The summed E-state index contributed by atoms with van der Waals surface area (Å²) in [6.45, 7) is 1.79. The maximum absolute atomic E-state index is 11.6. The molecule has 0 aliphatic rings. The second-order valence-electron chi connectivity index (χ2n) is 3.11. The topological polar surface area (TPSA) is 55.8 Å². The van der Waals surface area contributed by atoms with E-state index in [2.05, 4.69) is 5.92 Å². The van der Waals surface area contributed by atoms with E-state index in [4.69, 9.17) is 15.5 Å². The Labute approximate surface area is 85.1 Å². The van der Waals surface area contributed by atoms with E-state index in [0.717, 1.165) is 0 Å². The Bertz CT molecular complexity index is 238. The molecule has 0 aliphatic heterocycles. The summed E-state index contributed by atoms with van der Waals surface area (Å²) >= 11 is 0. The van der Waals surface area contributed by atoms with Gasteiger partial charge in [0, 0.05) is 20.6 Å². The average Bonchev–Trinajstić information content (AvgIpc) is 2.18. The van der Waals surface area contributed by atoms with E-state index in [1.165, 1.54) is 14.2 Å². The Kier molecular flexibility index (Phi) is 6.06. The SMILES string of the molecule is C#CCC(C)C(O)CP(=O)(OC)OC. The van der Waals surface area contributed by atoms with Crippen molar-refractivity contribution in [3.63, 3.8) is 0 Å². The van der Waals surface area contributed by atoms with Gasteiger partial charge >= 0.3 is 7.60 Å². The molecule has 0 spiro atoms. The van der Waals surface area contributed by atoms with Crippen LogP contribution in [0.25, 0.3) is 0 Å². The number of aliphatic hydroxyl groups is 1. The molecule has 2 unspecified atom stereocenters. The van der Waals surface area contributed by atoms with Gasteiger partial charge in [-0.15, -0.1) is 12.3 Å². The molecule has 0 aromatic carbocycles. The van der Waals surface area contributed by atoms with Gasteiger partial charge < -0.3 is 14.2 Å². The molecule has 0 amide bonds. The molecule has 1 N–H and O–H groups in total. The van der Waals surface area contributed by atoms with Crippen molar-refractivity contribution in [2.75, 3.05) is 20.4 Å². The zero-order chi connectivity index (χ0) is 11.2. The van der Waals surface area contributed by atoms with E-state index in [1.807, 2.05) is 0 Å². The van der Waals surface area contributed by atoms with Crippen molar-refractivity contribution in [2.45, 2.75) is 19.4 Å². The molecule has 14 heavy (non-hydrogen) atoms. The maximum atomic E-state index is 11.6. The third kappa shape index (κ3) is 4.26. The molecular weight excluding hydrogens is 203 g/mol. The zero-order valence-corrected chi connectivity index (χ0v) is 9.66. The van der Waals surface area contributed by atoms with E-state index in [1.54, 1.807) is 6.92 Å². The third-order valence-corrected chi connectivity index (χ3v) is 4.00. The number of rotatable bonds is 6. The third-order valence-electron chi connectivity index (χ3n) is 2.06. The van der Waals surface area contributed by atoms with E-state index in [0.29, 0.717) is 6.42 Å². The smallest absolute Gasteiger partial charge is 0.332 e. The lowest BCUT2D eigenvalue weighted by Gasteiger charge is -2.20. The van der Waals surface area contributed by atoms with Gasteiger partial charge in [-0.05, 0) is 5.92 Å². The highest BCUT2D eigenvalue weighted by Gasteiger charge is 2.28. The molecule has 0 saturated heterocycles. The van der Waals surface area contributed by atoms with Crippen LogP contribution in [0.2, 0.25) is 0 Å². The predicted octanol–water partition coefficient (Wildman–Crippen LogP) is 1.49. The first kappa shape index (κ1) is 13.7. The van der Waals surface area contributed by atoms with Crippen LogP contribution in [0.5, 0.6) is 0 Å². The van der Waals surface area contributed by atoms with Crippen LogP contribution in [0.4, 0.5) is 0 Å². The van der Waals surface area contributed by atoms with Crippen molar-refractivity contribution in [1.82, 2.24) is 0 Å². The molecule has 0 heterocycles. The van der Waals surface area contributed by atoms with Crippen LogP contribution < -0.4 is 0 Å². The van der Waals surface area contributed by atoms with Gasteiger partial charge in [0.15, 0.2) is 0 Å². The number of hydrogen-bond acceptors (Lipinski definition) is 4. The standard InChI is InChI=1S/C9H17O4P/c1-5-6-8(2)9(10)7-14(11,12-3)13-4/h1,8-10H,6-7H2,2-4H3. The quantitative estimate of drug-likeness (QED) is 0.544. The van der Waals surface area contributed by atoms with Crippen molar-refractivity contribution < 1.29 is 18.7 Å². The van der Waals surface area contributed by atoms with Gasteiger partial charge in [-0.2, -0.15) is 0 Å². The van der Waals surface area contributed by atoms with Gasteiger partial charge in [-0.1, -0.05) is 6.92 Å². The van der Waals surface area contributed by atoms with Crippen LogP contribution in [0.15, 0.2) is 0 Å². The molecule has 0 saturated carbocycles. The van der Waals surface area contributed by atoms with Crippen LogP contribution in [-0.2, 0) is 13.6 Å². The second-order valence-corrected chi connectivity index (χ2v) is 5.43. The zero-order valence-electron chi connectivity index (χ0n) is 8.77. The summed E-state index contributed by atoms with van der Waals surface area (Å²) in [5, 5.41) is 9.62. The molecule has 0 radical (unpaired) electrons.